The molecule has 1 aliphatic heterocycles. The molecule has 3 heterocycles. The highest BCUT2D eigenvalue weighted by molar-refractivity contribution is 7.17. The van der Waals surface area contributed by atoms with Gasteiger partial charge in [0.25, 0.3) is 5.91 Å². The quantitative estimate of drug-likeness (QED) is 0.359. The summed E-state index contributed by atoms with van der Waals surface area (Å²) >= 11 is 7.41. The molecule has 0 saturated carbocycles. The lowest BCUT2D eigenvalue weighted by Gasteiger charge is -2.26. The van der Waals surface area contributed by atoms with E-state index in [-0.39, 0.29) is 5.91 Å². The molecule has 4 aromatic rings. The third-order valence-corrected chi connectivity index (χ3v) is 6.79. The Hall–Kier alpha value is -3.42. The van der Waals surface area contributed by atoms with E-state index in [0.717, 1.165) is 27.5 Å². The lowest BCUT2D eigenvalue weighted by atomic mass is 10.1. The zero-order valence-electron chi connectivity index (χ0n) is 17.8. The molecule has 5 rings (SSSR count). The predicted octanol–water partition coefficient (Wildman–Crippen LogP) is 5.65. The van der Waals surface area contributed by atoms with Crippen LogP contribution in [-0.4, -0.2) is 29.5 Å². The van der Waals surface area contributed by atoms with Gasteiger partial charge in [0, 0.05) is 47.7 Å². The molecule has 0 fully saturated rings. The first-order valence-corrected chi connectivity index (χ1v) is 11.6. The van der Waals surface area contributed by atoms with Crippen molar-refractivity contribution in [2.24, 2.45) is 0 Å². The number of anilines is 1. The summed E-state index contributed by atoms with van der Waals surface area (Å²) in [6, 6.07) is 16.9. The van der Waals surface area contributed by atoms with Gasteiger partial charge in [0.2, 0.25) is 0 Å². The molecule has 0 atom stereocenters. The highest BCUT2D eigenvalue weighted by Gasteiger charge is 2.30. The molecule has 0 saturated heterocycles. The van der Waals surface area contributed by atoms with Gasteiger partial charge in [-0.25, -0.2) is 4.98 Å². The number of pyridine rings is 1. The number of nitrogens with zero attached hydrogens (tertiary/aromatic N) is 3. The van der Waals surface area contributed by atoms with Gasteiger partial charge in [0.1, 0.15) is 16.5 Å². The van der Waals surface area contributed by atoms with Crippen LogP contribution < -0.4 is 14.4 Å². The summed E-state index contributed by atoms with van der Waals surface area (Å²) in [5, 5.41) is 1.49. The van der Waals surface area contributed by atoms with E-state index in [4.69, 9.17) is 26.1 Å². The summed E-state index contributed by atoms with van der Waals surface area (Å²) in [6.07, 6.45) is 4.15. The number of aromatic nitrogens is 2. The molecule has 0 N–H and O–H groups in total. The number of hydrogen-bond acceptors (Lipinski definition) is 6. The average Bonchev–Trinajstić information content (AvgIpc) is 3.29. The lowest BCUT2D eigenvalue weighted by Crippen LogP contribution is -2.36. The van der Waals surface area contributed by atoms with Gasteiger partial charge in [-0.1, -0.05) is 23.7 Å². The van der Waals surface area contributed by atoms with Crippen LogP contribution in [0.2, 0.25) is 5.02 Å². The lowest BCUT2D eigenvalue weighted by molar-refractivity contribution is 0.0984. The maximum atomic E-state index is 13.3. The van der Waals surface area contributed by atoms with Crippen molar-refractivity contribution >= 4 is 34.5 Å². The Kier molecular flexibility index (Phi) is 5.98. The van der Waals surface area contributed by atoms with E-state index in [0.29, 0.717) is 41.0 Å². The van der Waals surface area contributed by atoms with E-state index in [2.05, 4.69) is 4.98 Å². The first kappa shape index (κ1) is 21.4. The zero-order valence-corrected chi connectivity index (χ0v) is 19.4. The number of benzene rings is 2. The Bertz CT molecular complexity index is 1290. The highest BCUT2D eigenvalue weighted by atomic mass is 35.5. The maximum Gasteiger partial charge on any atom is 0.270 e. The minimum absolute atomic E-state index is 0.0542. The van der Waals surface area contributed by atoms with E-state index in [1.165, 1.54) is 11.3 Å². The van der Waals surface area contributed by atoms with E-state index in [9.17, 15) is 4.79 Å². The third kappa shape index (κ3) is 4.42. The highest BCUT2D eigenvalue weighted by Crippen LogP contribution is 2.37. The second-order valence-corrected chi connectivity index (χ2v) is 8.92. The molecule has 8 heteroatoms. The smallest absolute Gasteiger partial charge is 0.270 e. The number of amides is 1. The summed E-state index contributed by atoms with van der Waals surface area (Å²) < 4.78 is 11.5. The number of carbonyl (C=O) groups is 1. The fraction of sp³-hybridized carbons (Fsp3) is 0.160. The molecule has 166 valence electrons. The van der Waals surface area contributed by atoms with Gasteiger partial charge < -0.3 is 14.4 Å². The average molecular weight is 478 g/mol. The van der Waals surface area contributed by atoms with Crippen LogP contribution in [0.15, 0.2) is 67.0 Å². The summed E-state index contributed by atoms with van der Waals surface area (Å²) in [6.45, 7) is 0.953. The van der Waals surface area contributed by atoms with Crippen LogP contribution in [-0.2, 0) is 13.0 Å². The third-order valence-electron chi connectivity index (χ3n) is 5.40. The van der Waals surface area contributed by atoms with Crippen LogP contribution in [0.3, 0.4) is 0 Å². The first-order chi connectivity index (χ1) is 16.1. The second kappa shape index (κ2) is 9.21. The molecule has 0 bridgehead atoms. The molecule has 1 aliphatic rings. The van der Waals surface area contributed by atoms with Crippen LogP contribution in [0.25, 0.3) is 10.6 Å². The van der Waals surface area contributed by atoms with Crippen LogP contribution in [0, 0.1) is 0 Å². The number of ether oxygens (including phenoxy) is 2. The molecular formula is C25H20ClN3O3S. The van der Waals surface area contributed by atoms with Gasteiger partial charge in [0.15, 0.2) is 11.5 Å². The summed E-state index contributed by atoms with van der Waals surface area (Å²) in [4.78, 5) is 24.5. The van der Waals surface area contributed by atoms with Crippen LogP contribution in [0.4, 0.5) is 5.69 Å². The van der Waals surface area contributed by atoms with Gasteiger partial charge >= 0.3 is 0 Å². The van der Waals surface area contributed by atoms with Crippen molar-refractivity contribution < 1.29 is 14.3 Å². The second-order valence-electron chi connectivity index (χ2n) is 7.49. The molecule has 2 aromatic heterocycles. The molecule has 0 radical (unpaired) electrons. The van der Waals surface area contributed by atoms with Crippen molar-refractivity contribution in [1.82, 2.24) is 9.97 Å². The van der Waals surface area contributed by atoms with Gasteiger partial charge in [-0.3, -0.25) is 9.78 Å². The molecule has 2 aromatic carbocycles. The minimum Gasteiger partial charge on any atom is -0.493 e. The zero-order chi connectivity index (χ0) is 22.8. The van der Waals surface area contributed by atoms with Gasteiger partial charge in [-0.2, -0.15) is 0 Å². The number of methoxy groups -OCH3 is 1. The van der Waals surface area contributed by atoms with Crippen molar-refractivity contribution in [2.45, 2.75) is 13.0 Å². The first-order valence-electron chi connectivity index (χ1n) is 10.4. The number of fused-ring (bicyclic) bond motifs is 1. The van der Waals surface area contributed by atoms with Crippen LogP contribution in [0.5, 0.6) is 11.5 Å². The van der Waals surface area contributed by atoms with Gasteiger partial charge in [-0.15, -0.1) is 11.3 Å². The topological polar surface area (TPSA) is 64.5 Å². The van der Waals surface area contributed by atoms with Crippen molar-refractivity contribution in [1.29, 1.82) is 0 Å². The fourth-order valence-corrected chi connectivity index (χ4v) is 4.87. The number of rotatable bonds is 6. The van der Waals surface area contributed by atoms with Gasteiger partial charge in [0.05, 0.1) is 12.8 Å². The monoisotopic (exact) mass is 477 g/mol. The van der Waals surface area contributed by atoms with Gasteiger partial charge in [-0.05, 0) is 42.0 Å². The molecule has 1 amide bonds. The molecule has 6 nitrogen and oxygen atoms in total. The molecule has 33 heavy (non-hydrogen) atoms. The van der Waals surface area contributed by atoms with Crippen molar-refractivity contribution in [3.05, 3.63) is 88.1 Å². The molecule has 0 unspecified atom stereocenters. The Morgan fingerprint density at radius 3 is 2.61 bits per heavy atom. The fourth-order valence-electron chi connectivity index (χ4n) is 3.68. The normalized spacial score (nSPS) is 13.0. The summed E-state index contributed by atoms with van der Waals surface area (Å²) in [5.41, 5.74) is 3.57. The Balaban J connectivity index is 1.37. The molecule has 0 spiro atoms. The minimum atomic E-state index is -0.0542. The number of halogens is 1. The number of hydrogen-bond donors (Lipinski definition) is 0. The number of carbonyl (C=O) groups excluding carboxylic acids is 1. The molecule has 0 aliphatic carbocycles. The van der Waals surface area contributed by atoms with E-state index in [1.54, 1.807) is 24.4 Å². The predicted molar refractivity (Wildman–Crippen MR) is 130 cm³/mol. The Morgan fingerprint density at radius 2 is 1.85 bits per heavy atom. The number of thiazole rings is 1. The summed E-state index contributed by atoms with van der Waals surface area (Å²) in [7, 11) is 1.59. The standard InChI is InChI=1S/C25H20ClN3O3S/c1-31-22-14-19(6-7-21(22)32-15-16-8-11-27-12-9-16)29-13-10-20-23(25(29)30)33-24(28-20)17-2-4-18(26)5-3-17/h2-9,11-12,14H,10,13,15H2,1H3. The summed E-state index contributed by atoms with van der Waals surface area (Å²) in [5.74, 6) is 1.14. The van der Waals surface area contributed by atoms with E-state index < -0.39 is 0 Å². The SMILES string of the molecule is COc1cc(N2CCc3nc(-c4ccc(Cl)cc4)sc3C2=O)ccc1OCc1ccncc1. The Labute approximate surface area is 200 Å². The van der Waals surface area contributed by atoms with E-state index in [1.807, 2.05) is 54.6 Å². The van der Waals surface area contributed by atoms with Crippen molar-refractivity contribution in [3.8, 4) is 22.1 Å². The van der Waals surface area contributed by atoms with Crippen molar-refractivity contribution in [2.75, 3.05) is 18.6 Å². The van der Waals surface area contributed by atoms with E-state index >= 15 is 0 Å². The van der Waals surface area contributed by atoms with Crippen molar-refractivity contribution in [3.63, 3.8) is 0 Å². The van der Waals surface area contributed by atoms with Crippen LogP contribution >= 0.6 is 22.9 Å². The Morgan fingerprint density at radius 1 is 1.06 bits per heavy atom. The largest absolute Gasteiger partial charge is 0.493 e. The van der Waals surface area contributed by atoms with Crippen LogP contribution in [0.1, 0.15) is 20.9 Å². The molecular weight excluding hydrogens is 458 g/mol. The maximum absolute atomic E-state index is 13.3.